The molecule has 2 aliphatic heterocycles. The number of nitrogens with zero attached hydrogens (tertiary/aromatic N) is 6. The summed E-state index contributed by atoms with van der Waals surface area (Å²) in [4.78, 5) is 17.5. The Hall–Kier alpha value is -2.76. The van der Waals surface area contributed by atoms with Crippen molar-refractivity contribution in [3.8, 4) is 17.5 Å². The minimum atomic E-state index is 0.114. The Morgan fingerprint density at radius 3 is 3.08 bits per heavy atom. The summed E-state index contributed by atoms with van der Waals surface area (Å²) < 4.78 is 5.79. The molecule has 8 heteroatoms. The number of ether oxygens (including phenoxy) is 1. The van der Waals surface area contributed by atoms with Crippen molar-refractivity contribution < 1.29 is 4.74 Å². The fourth-order valence-corrected chi connectivity index (χ4v) is 3.34. The van der Waals surface area contributed by atoms with Gasteiger partial charge in [-0.25, -0.2) is 9.97 Å². The number of fused-ring (bicyclic) bond motifs is 1. The molecule has 4 rings (SSSR count). The third-order valence-corrected chi connectivity index (χ3v) is 4.69. The van der Waals surface area contributed by atoms with E-state index in [-0.39, 0.29) is 6.10 Å². The molecule has 0 amide bonds. The van der Waals surface area contributed by atoms with E-state index < -0.39 is 0 Å². The molecule has 0 radical (unpaired) electrons. The van der Waals surface area contributed by atoms with E-state index in [4.69, 9.17) is 9.72 Å². The summed E-state index contributed by atoms with van der Waals surface area (Å²) in [6.07, 6.45) is 5.85. The molecule has 1 N–H and O–H groups in total. The predicted molar refractivity (Wildman–Crippen MR) is 95.8 cm³/mol. The molecule has 1 atom stereocenters. The lowest BCUT2D eigenvalue weighted by molar-refractivity contribution is -0.0117. The van der Waals surface area contributed by atoms with Gasteiger partial charge in [-0.05, 0) is 19.2 Å². The summed E-state index contributed by atoms with van der Waals surface area (Å²) in [5.74, 6) is 0.569. The Morgan fingerprint density at radius 2 is 2.31 bits per heavy atom. The number of anilines is 1. The van der Waals surface area contributed by atoms with Crippen LogP contribution >= 0.6 is 0 Å². The molecule has 0 aliphatic carbocycles. The van der Waals surface area contributed by atoms with E-state index in [1.54, 1.807) is 17.3 Å². The van der Waals surface area contributed by atoms with Crippen molar-refractivity contribution in [2.45, 2.75) is 19.2 Å². The van der Waals surface area contributed by atoms with Gasteiger partial charge in [-0.2, -0.15) is 5.26 Å². The zero-order chi connectivity index (χ0) is 17.9. The van der Waals surface area contributed by atoms with Gasteiger partial charge in [0, 0.05) is 43.2 Å². The van der Waals surface area contributed by atoms with E-state index in [9.17, 15) is 5.26 Å². The minimum absolute atomic E-state index is 0.114. The lowest BCUT2D eigenvalue weighted by Crippen LogP contribution is -2.43. The van der Waals surface area contributed by atoms with Gasteiger partial charge >= 0.3 is 0 Å². The third-order valence-electron chi connectivity index (χ3n) is 4.69. The first-order chi connectivity index (χ1) is 12.7. The van der Waals surface area contributed by atoms with Crippen molar-refractivity contribution in [2.24, 2.45) is 0 Å². The number of pyridine rings is 1. The summed E-state index contributed by atoms with van der Waals surface area (Å²) in [7, 11) is 2.10. The number of morpholine rings is 1. The van der Waals surface area contributed by atoms with Crippen molar-refractivity contribution in [1.29, 1.82) is 5.26 Å². The largest absolute Gasteiger partial charge is 0.374 e. The number of rotatable bonds is 4. The number of nitriles is 1. The van der Waals surface area contributed by atoms with E-state index >= 15 is 0 Å². The zero-order valence-corrected chi connectivity index (χ0v) is 14.7. The van der Waals surface area contributed by atoms with Gasteiger partial charge in [-0.3, -0.25) is 4.98 Å². The van der Waals surface area contributed by atoms with Gasteiger partial charge < -0.3 is 19.9 Å². The van der Waals surface area contributed by atoms with Gasteiger partial charge in [0.05, 0.1) is 37.2 Å². The van der Waals surface area contributed by atoms with Crippen LogP contribution in [-0.2, 0) is 17.8 Å². The molecule has 1 saturated heterocycles. The molecule has 0 aromatic carbocycles. The van der Waals surface area contributed by atoms with Gasteiger partial charge in [-0.1, -0.05) is 0 Å². The second-order valence-electron chi connectivity index (χ2n) is 6.65. The minimum Gasteiger partial charge on any atom is -0.374 e. The van der Waals surface area contributed by atoms with Crippen LogP contribution in [0.15, 0.2) is 24.5 Å². The standard InChI is InChI=1S/C18H21N7O/c1-24-5-6-26-14(9-24)8-21-18-22-16-11-25(12-19)10-15(16)17(23-18)13-3-2-4-20-7-13/h2-4,7,14H,5-6,8-11H2,1H3,(H,21,22,23). The highest BCUT2D eigenvalue weighted by Crippen LogP contribution is 2.30. The molecule has 2 aromatic heterocycles. The van der Waals surface area contributed by atoms with Gasteiger partial charge in [0.15, 0.2) is 6.19 Å². The number of hydrogen-bond acceptors (Lipinski definition) is 8. The molecule has 2 aliphatic rings. The molecule has 26 heavy (non-hydrogen) atoms. The zero-order valence-electron chi connectivity index (χ0n) is 14.7. The van der Waals surface area contributed by atoms with Gasteiger partial charge in [0.2, 0.25) is 5.95 Å². The first-order valence-corrected chi connectivity index (χ1v) is 8.72. The molecular formula is C18H21N7O. The van der Waals surface area contributed by atoms with Crippen molar-refractivity contribution in [3.05, 3.63) is 35.8 Å². The Kier molecular flexibility index (Phi) is 4.65. The number of aromatic nitrogens is 3. The second kappa shape index (κ2) is 7.23. The van der Waals surface area contributed by atoms with Crippen molar-refractivity contribution in [3.63, 3.8) is 0 Å². The van der Waals surface area contributed by atoms with Crippen LogP contribution in [0.1, 0.15) is 11.3 Å². The number of nitrogens with one attached hydrogen (secondary N) is 1. The van der Waals surface area contributed by atoms with Crippen molar-refractivity contribution >= 4 is 5.95 Å². The Morgan fingerprint density at radius 1 is 1.38 bits per heavy atom. The summed E-state index contributed by atoms with van der Waals surface area (Å²) in [5, 5.41) is 12.6. The average Bonchev–Trinajstić information content (AvgIpc) is 3.10. The maximum absolute atomic E-state index is 9.25. The molecular weight excluding hydrogens is 330 g/mol. The predicted octanol–water partition coefficient (Wildman–Crippen LogP) is 1.08. The smallest absolute Gasteiger partial charge is 0.223 e. The van der Waals surface area contributed by atoms with Gasteiger partial charge in [-0.15, -0.1) is 0 Å². The van der Waals surface area contributed by atoms with Crippen LogP contribution < -0.4 is 5.32 Å². The molecule has 2 aromatic rings. The molecule has 134 valence electrons. The first-order valence-electron chi connectivity index (χ1n) is 8.72. The quantitative estimate of drug-likeness (QED) is 0.819. The highest BCUT2D eigenvalue weighted by molar-refractivity contribution is 5.65. The maximum atomic E-state index is 9.25. The van der Waals surface area contributed by atoms with Crippen LogP contribution in [-0.4, -0.2) is 64.1 Å². The van der Waals surface area contributed by atoms with Gasteiger partial charge in [0.1, 0.15) is 0 Å². The Labute approximate surface area is 152 Å². The third kappa shape index (κ3) is 3.45. The monoisotopic (exact) mass is 351 g/mol. The summed E-state index contributed by atoms with van der Waals surface area (Å²) in [6, 6.07) is 3.87. The lowest BCUT2D eigenvalue weighted by atomic mass is 10.1. The molecule has 0 saturated carbocycles. The molecule has 8 nitrogen and oxygen atoms in total. The number of likely N-dealkylation sites (N-methyl/N-ethyl adjacent to an activating group) is 1. The summed E-state index contributed by atoms with van der Waals surface area (Å²) in [5.41, 5.74) is 3.66. The summed E-state index contributed by atoms with van der Waals surface area (Å²) >= 11 is 0. The SMILES string of the molecule is CN1CCOC(CNc2nc3c(c(-c4cccnc4)n2)CN(C#N)C3)C1. The molecule has 0 spiro atoms. The van der Waals surface area contributed by atoms with E-state index in [0.29, 0.717) is 25.6 Å². The fourth-order valence-electron chi connectivity index (χ4n) is 3.34. The molecule has 0 bridgehead atoms. The van der Waals surface area contributed by atoms with E-state index in [0.717, 1.165) is 42.2 Å². The van der Waals surface area contributed by atoms with Crippen LogP contribution in [0.3, 0.4) is 0 Å². The molecule has 4 heterocycles. The normalized spacial score (nSPS) is 19.8. The second-order valence-corrected chi connectivity index (χ2v) is 6.65. The van der Waals surface area contributed by atoms with Crippen LogP contribution in [0.5, 0.6) is 0 Å². The fraction of sp³-hybridized carbons (Fsp3) is 0.444. The highest BCUT2D eigenvalue weighted by Gasteiger charge is 2.26. The first kappa shape index (κ1) is 16.7. The van der Waals surface area contributed by atoms with Crippen LogP contribution in [0.25, 0.3) is 11.3 Å². The van der Waals surface area contributed by atoms with E-state index in [1.807, 2.05) is 12.1 Å². The van der Waals surface area contributed by atoms with E-state index in [1.165, 1.54) is 0 Å². The van der Waals surface area contributed by atoms with Crippen LogP contribution in [0.2, 0.25) is 0 Å². The van der Waals surface area contributed by atoms with Crippen LogP contribution in [0.4, 0.5) is 5.95 Å². The van der Waals surface area contributed by atoms with E-state index in [2.05, 4.69) is 33.4 Å². The highest BCUT2D eigenvalue weighted by atomic mass is 16.5. The Balaban J connectivity index is 1.59. The van der Waals surface area contributed by atoms with Crippen molar-refractivity contribution in [1.82, 2.24) is 24.8 Å². The maximum Gasteiger partial charge on any atom is 0.223 e. The molecule has 1 fully saturated rings. The van der Waals surface area contributed by atoms with Gasteiger partial charge in [0.25, 0.3) is 0 Å². The Bertz CT molecular complexity index is 820. The molecule has 1 unspecified atom stereocenters. The topological polar surface area (TPSA) is 90.2 Å². The number of hydrogen-bond donors (Lipinski definition) is 1. The summed E-state index contributed by atoms with van der Waals surface area (Å²) in [6.45, 7) is 4.28. The average molecular weight is 351 g/mol. The lowest BCUT2D eigenvalue weighted by Gasteiger charge is -2.30. The van der Waals surface area contributed by atoms with Crippen LogP contribution in [0, 0.1) is 11.5 Å². The van der Waals surface area contributed by atoms with Crippen molar-refractivity contribution in [2.75, 3.05) is 38.6 Å².